The molecule has 0 spiro atoms. The second-order valence-electron chi connectivity index (χ2n) is 4.06. The van der Waals surface area contributed by atoms with Gasteiger partial charge in [0, 0.05) is 13.6 Å². The lowest BCUT2D eigenvalue weighted by Crippen LogP contribution is -2.45. The van der Waals surface area contributed by atoms with Gasteiger partial charge in [-0.15, -0.1) is 0 Å². The van der Waals surface area contributed by atoms with Gasteiger partial charge in [-0.25, -0.2) is 0 Å². The molecule has 0 amide bonds. The van der Waals surface area contributed by atoms with Crippen molar-refractivity contribution in [3.05, 3.63) is 24.3 Å². The molecule has 4 heteroatoms. The average molecular weight is 219 g/mol. The minimum Gasteiger partial charge on any atom is -0.495 e. The molecule has 0 radical (unpaired) electrons. The van der Waals surface area contributed by atoms with E-state index >= 15 is 0 Å². The number of rotatable bonds is 4. The number of nitrogens with two attached hydrogens (primary N) is 1. The van der Waals surface area contributed by atoms with Gasteiger partial charge >= 0.3 is 0 Å². The highest BCUT2D eigenvalue weighted by atomic mass is 16.5. The van der Waals surface area contributed by atoms with Gasteiger partial charge in [0.2, 0.25) is 0 Å². The Labute approximate surface area is 96.2 Å². The monoisotopic (exact) mass is 219 g/mol. The fraction of sp³-hybridized carbons (Fsp3) is 0.417. The molecule has 1 rings (SSSR count). The van der Waals surface area contributed by atoms with Crippen molar-refractivity contribution < 1.29 is 4.74 Å². The summed E-state index contributed by atoms with van der Waals surface area (Å²) in [4.78, 5) is 1.92. The minimum atomic E-state index is -0.865. The summed E-state index contributed by atoms with van der Waals surface area (Å²) < 4.78 is 5.25. The van der Waals surface area contributed by atoms with E-state index in [-0.39, 0.29) is 0 Å². The van der Waals surface area contributed by atoms with Gasteiger partial charge in [0.05, 0.1) is 18.9 Å². The number of nitrogens with zero attached hydrogens (tertiary/aromatic N) is 2. The van der Waals surface area contributed by atoms with Gasteiger partial charge in [-0.1, -0.05) is 12.1 Å². The van der Waals surface area contributed by atoms with Gasteiger partial charge in [-0.05, 0) is 19.1 Å². The number of benzene rings is 1. The molecule has 0 aliphatic rings. The van der Waals surface area contributed by atoms with Gasteiger partial charge < -0.3 is 15.4 Å². The number of nitriles is 1. The minimum absolute atomic E-state index is 0.448. The quantitative estimate of drug-likeness (QED) is 0.830. The number of hydrogen-bond donors (Lipinski definition) is 1. The highest BCUT2D eigenvalue weighted by molar-refractivity contribution is 5.58. The molecule has 0 aliphatic heterocycles. The Kier molecular flexibility index (Phi) is 3.75. The second-order valence-corrected chi connectivity index (χ2v) is 4.06. The van der Waals surface area contributed by atoms with Crippen molar-refractivity contribution in [1.82, 2.24) is 0 Å². The van der Waals surface area contributed by atoms with E-state index in [1.807, 2.05) is 36.2 Å². The van der Waals surface area contributed by atoms with E-state index < -0.39 is 5.54 Å². The van der Waals surface area contributed by atoms with Gasteiger partial charge in [-0.3, -0.25) is 0 Å². The third-order valence-corrected chi connectivity index (χ3v) is 2.32. The molecule has 0 bridgehead atoms. The summed E-state index contributed by atoms with van der Waals surface area (Å²) in [5, 5.41) is 8.88. The summed E-state index contributed by atoms with van der Waals surface area (Å²) in [7, 11) is 3.51. The van der Waals surface area contributed by atoms with Crippen LogP contribution in [0, 0.1) is 11.3 Å². The summed E-state index contributed by atoms with van der Waals surface area (Å²) in [5.74, 6) is 0.777. The first-order valence-electron chi connectivity index (χ1n) is 5.04. The summed E-state index contributed by atoms with van der Waals surface area (Å²) in [6.07, 6.45) is 0. The first kappa shape index (κ1) is 12.3. The fourth-order valence-electron chi connectivity index (χ4n) is 1.56. The van der Waals surface area contributed by atoms with Crippen molar-refractivity contribution in [2.24, 2.45) is 5.73 Å². The maximum absolute atomic E-state index is 8.88. The number of ether oxygens (including phenoxy) is 1. The first-order valence-corrected chi connectivity index (χ1v) is 5.04. The maximum atomic E-state index is 8.88. The van der Waals surface area contributed by atoms with Gasteiger partial charge in [0.1, 0.15) is 11.3 Å². The molecule has 2 N–H and O–H groups in total. The smallest absolute Gasteiger partial charge is 0.142 e. The molecular formula is C12H17N3O. The van der Waals surface area contributed by atoms with Crippen molar-refractivity contribution in [2.45, 2.75) is 12.5 Å². The zero-order chi connectivity index (χ0) is 12.2. The Morgan fingerprint density at radius 3 is 2.69 bits per heavy atom. The molecule has 0 saturated carbocycles. The van der Waals surface area contributed by atoms with Crippen molar-refractivity contribution in [2.75, 3.05) is 25.6 Å². The highest BCUT2D eigenvalue weighted by Crippen LogP contribution is 2.27. The Balaban J connectivity index is 2.89. The van der Waals surface area contributed by atoms with E-state index in [9.17, 15) is 0 Å². The zero-order valence-electron chi connectivity index (χ0n) is 9.90. The predicted octanol–water partition coefficient (Wildman–Crippen LogP) is 1.37. The Morgan fingerprint density at radius 1 is 1.50 bits per heavy atom. The van der Waals surface area contributed by atoms with Crippen LogP contribution in [-0.4, -0.2) is 26.2 Å². The summed E-state index contributed by atoms with van der Waals surface area (Å²) in [6.45, 7) is 2.16. The molecule has 0 saturated heterocycles. The molecule has 0 aliphatic carbocycles. The van der Waals surface area contributed by atoms with Crippen molar-refractivity contribution >= 4 is 5.69 Å². The Hall–Kier alpha value is -1.73. The van der Waals surface area contributed by atoms with E-state index in [2.05, 4.69) is 6.07 Å². The molecular weight excluding hydrogens is 202 g/mol. The van der Waals surface area contributed by atoms with E-state index in [4.69, 9.17) is 15.7 Å². The zero-order valence-corrected chi connectivity index (χ0v) is 9.90. The molecule has 1 atom stereocenters. The van der Waals surface area contributed by atoms with Gasteiger partial charge in [-0.2, -0.15) is 5.26 Å². The van der Waals surface area contributed by atoms with Crippen molar-refractivity contribution in [3.63, 3.8) is 0 Å². The molecule has 1 aromatic carbocycles. The number of methoxy groups -OCH3 is 1. The number of para-hydroxylation sites is 2. The molecule has 1 unspecified atom stereocenters. The molecule has 0 fully saturated rings. The van der Waals surface area contributed by atoms with Crippen molar-refractivity contribution in [1.29, 1.82) is 5.26 Å². The van der Waals surface area contributed by atoms with Crippen LogP contribution in [-0.2, 0) is 0 Å². The van der Waals surface area contributed by atoms with E-state index in [0.717, 1.165) is 11.4 Å². The van der Waals surface area contributed by atoms with Crippen LogP contribution in [0.25, 0.3) is 0 Å². The van der Waals surface area contributed by atoms with E-state index in [1.54, 1.807) is 14.0 Å². The van der Waals surface area contributed by atoms with E-state index in [1.165, 1.54) is 0 Å². The molecule has 0 heterocycles. The predicted molar refractivity (Wildman–Crippen MR) is 64.5 cm³/mol. The highest BCUT2D eigenvalue weighted by Gasteiger charge is 2.21. The van der Waals surface area contributed by atoms with E-state index in [0.29, 0.717) is 6.54 Å². The number of likely N-dealkylation sites (N-methyl/N-ethyl adjacent to an activating group) is 1. The fourth-order valence-corrected chi connectivity index (χ4v) is 1.56. The molecule has 4 nitrogen and oxygen atoms in total. The number of hydrogen-bond acceptors (Lipinski definition) is 4. The lowest BCUT2D eigenvalue weighted by Gasteiger charge is -2.27. The Bertz CT molecular complexity index is 395. The van der Waals surface area contributed by atoms with Crippen LogP contribution in [0.3, 0.4) is 0 Å². The first-order chi connectivity index (χ1) is 7.50. The van der Waals surface area contributed by atoms with Gasteiger partial charge in [0.15, 0.2) is 0 Å². The standard InChI is InChI=1S/C12H17N3O/c1-12(14,8-13)9-15(2)10-6-4-5-7-11(10)16-3/h4-7H,9,14H2,1-3H3. The van der Waals surface area contributed by atoms with Crippen LogP contribution in [0.2, 0.25) is 0 Å². The summed E-state index contributed by atoms with van der Waals surface area (Å²) >= 11 is 0. The topological polar surface area (TPSA) is 62.3 Å². The SMILES string of the molecule is COc1ccccc1N(C)CC(C)(N)C#N. The summed E-state index contributed by atoms with van der Waals surface area (Å²) in [6, 6.07) is 9.72. The third kappa shape index (κ3) is 2.88. The normalized spacial score (nSPS) is 13.7. The van der Waals surface area contributed by atoms with Crippen LogP contribution >= 0.6 is 0 Å². The van der Waals surface area contributed by atoms with Crippen LogP contribution < -0.4 is 15.4 Å². The number of anilines is 1. The van der Waals surface area contributed by atoms with Crippen LogP contribution in [0.15, 0.2) is 24.3 Å². The average Bonchev–Trinajstić information content (AvgIpc) is 2.28. The van der Waals surface area contributed by atoms with Crippen LogP contribution in [0.1, 0.15) is 6.92 Å². The lowest BCUT2D eigenvalue weighted by molar-refractivity contribution is 0.414. The lowest BCUT2D eigenvalue weighted by atomic mass is 10.1. The third-order valence-electron chi connectivity index (χ3n) is 2.32. The second kappa shape index (κ2) is 4.86. The van der Waals surface area contributed by atoms with Gasteiger partial charge in [0.25, 0.3) is 0 Å². The molecule has 16 heavy (non-hydrogen) atoms. The Morgan fingerprint density at radius 2 is 2.12 bits per heavy atom. The van der Waals surface area contributed by atoms with Crippen molar-refractivity contribution in [3.8, 4) is 11.8 Å². The largest absolute Gasteiger partial charge is 0.495 e. The molecule has 0 aromatic heterocycles. The molecule has 86 valence electrons. The molecule has 1 aromatic rings. The summed E-state index contributed by atoms with van der Waals surface area (Å²) in [5.41, 5.74) is 5.86. The maximum Gasteiger partial charge on any atom is 0.142 e. The van der Waals surface area contributed by atoms with Crippen LogP contribution in [0.5, 0.6) is 5.75 Å². The van der Waals surface area contributed by atoms with Crippen LogP contribution in [0.4, 0.5) is 5.69 Å².